The van der Waals surface area contributed by atoms with Crippen LogP contribution in [0.3, 0.4) is 0 Å². The number of halogens is 1. The van der Waals surface area contributed by atoms with Crippen LogP contribution in [-0.2, 0) is 0 Å². The van der Waals surface area contributed by atoms with Gasteiger partial charge in [-0.25, -0.2) is 9.07 Å². The molecular weight excluding hydrogens is 255 g/mol. The third-order valence-electron chi connectivity index (χ3n) is 3.55. The largest absolute Gasteiger partial charge is 0.382 e. The molecule has 0 atom stereocenters. The van der Waals surface area contributed by atoms with Crippen molar-refractivity contribution in [1.82, 2.24) is 9.78 Å². The van der Waals surface area contributed by atoms with Gasteiger partial charge >= 0.3 is 0 Å². The summed E-state index contributed by atoms with van der Waals surface area (Å²) in [6, 6.07) is 6.75. The van der Waals surface area contributed by atoms with Crippen LogP contribution in [0.4, 0.5) is 10.1 Å². The Morgan fingerprint density at radius 1 is 1.35 bits per heavy atom. The molecule has 1 aromatic carbocycles. The Kier molecular flexibility index (Phi) is 3.69. The molecule has 4 nitrogen and oxygen atoms in total. The van der Waals surface area contributed by atoms with E-state index in [0.717, 1.165) is 37.2 Å². The van der Waals surface area contributed by atoms with Crippen molar-refractivity contribution in [2.24, 2.45) is 5.73 Å². The van der Waals surface area contributed by atoms with E-state index in [4.69, 9.17) is 5.73 Å². The molecule has 1 saturated carbocycles. The number of para-hydroxylation sites is 1. The fourth-order valence-corrected chi connectivity index (χ4v) is 2.38. The van der Waals surface area contributed by atoms with E-state index >= 15 is 0 Å². The van der Waals surface area contributed by atoms with Crippen molar-refractivity contribution >= 4 is 5.69 Å². The van der Waals surface area contributed by atoms with Gasteiger partial charge in [-0.1, -0.05) is 12.1 Å². The summed E-state index contributed by atoms with van der Waals surface area (Å²) in [4.78, 5) is 0. The van der Waals surface area contributed by atoms with Crippen LogP contribution in [0.1, 0.15) is 30.9 Å². The summed E-state index contributed by atoms with van der Waals surface area (Å²) in [5.41, 5.74) is 8.12. The van der Waals surface area contributed by atoms with Gasteiger partial charge in [-0.15, -0.1) is 0 Å². The van der Waals surface area contributed by atoms with Gasteiger partial charge in [0.25, 0.3) is 0 Å². The topological polar surface area (TPSA) is 55.9 Å². The first kappa shape index (κ1) is 13.1. The predicted octanol–water partition coefficient (Wildman–Crippen LogP) is 2.65. The molecule has 1 aliphatic rings. The molecule has 3 N–H and O–H groups in total. The maximum Gasteiger partial charge on any atom is 0.148 e. The molecule has 1 fully saturated rings. The molecule has 1 aromatic heterocycles. The van der Waals surface area contributed by atoms with Crippen molar-refractivity contribution in [2.75, 3.05) is 18.4 Å². The molecule has 3 rings (SSSR count). The fraction of sp³-hybridized carbons (Fsp3) is 0.400. The van der Waals surface area contributed by atoms with E-state index in [1.54, 1.807) is 23.0 Å². The van der Waals surface area contributed by atoms with Crippen molar-refractivity contribution in [2.45, 2.75) is 25.2 Å². The number of benzene rings is 1. The highest BCUT2D eigenvalue weighted by Gasteiger charge is 2.31. The molecule has 0 unspecified atom stereocenters. The highest BCUT2D eigenvalue weighted by atomic mass is 19.1. The van der Waals surface area contributed by atoms with Gasteiger partial charge in [0.2, 0.25) is 0 Å². The SMILES string of the molecule is NCCCNc1cnn(-c2ccccc2F)c1C1CC1. The number of nitrogens with zero attached hydrogens (tertiary/aromatic N) is 2. The second-order valence-corrected chi connectivity index (χ2v) is 5.15. The lowest BCUT2D eigenvalue weighted by Crippen LogP contribution is -2.10. The maximum absolute atomic E-state index is 14.0. The molecular formula is C15H19FN4. The summed E-state index contributed by atoms with van der Waals surface area (Å²) in [6.07, 6.45) is 4.99. The Balaban J connectivity index is 1.93. The van der Waals surface area contributed by atoms with Gasteiger partial charge in [0.15, 0.2) is 0 Å². The predicted molar refractivity (Wildman–Crippen MR) is 77.7 cm³/mol. The molecule has 106 valence electrons. The van der Waals surface area contributed by atoms with Crippen LogP contribution in [0.5, 0.6) is 0 Å². The molecule has 0 radical (unpaired) electrons. The molecule has 0 spiro atoms. The van der Waals surface area contributed by atoms with E-state index in [2.05, 4.69) is 10.4 Å². The van der Waals surface area contributed by atoms with Gasteiger partial charge in [0.05, 0.1) is 17.6 Å². The average Bonchev–Trinajstić information content (AvgIpc) is 3.21. The quantitative estimate of drug-likeness (QED) is 0.796. The van der Waals surface area contributed by atoms with E-state index in [1.807, 2.05) is 6.07 Å². The van der Waals surface area contributed by atoms with Crippen molar-refractivity contribution in [3.8, 4) is 5.69 Å². The Morgan fingerprint density at radius 3 is 2.85 bits per heavy atom. The standard InChI is InChI=1S/C15H19FN4/c16-12-4-1-2-5-14(12)20-15(11-6-7-11)13(10-19-20)18-9-3-8-17/h1-2,4-5,10-11,18H,3,6-9,17H2. The van der Waals surface area contributed by atoms with Gasteiger partial charge in [-0.3, -0.25) is 0 Å². The third-order valence-corrected chi connectivity index (χ3v) is 3.55. The third kappa shape index (κ3) is 2.54. The lowest BCUT2D eigenvalue weighted by Gasteiger charge is -2.10. The Morgan fingerprint density at radius 2 is 2.15 bits per heavy atom. The zero-order valence-corrected chi connectivity index (χ0v) is 11.3. The highest BCUT2D eigenvalue weighted by molar-refractivity contribution is 5.53. The van der Waals surface area contributed by atoms with Gasteiger partial charge in [-0.2, -0.15) is 5.10 Å². The highest BCUT2D eigenvalue weighted by Crippen LogP contribution is 2.44. The number of hydrogen-bond donors (Lipinski definition) is 2. The maximum atomic E-state index is 14.0. The van der Waals surface area contributed by atoms with Crippen molar-refractivity contribution in [3.63, 3.8) is 0 Å². The smallest absolute Gasteiger partial charge is 0.148 e. The first-order chi connectivity index (χ1) is 9.81. The van der Waals surface area contributed by atoms with Crippen LogP contribution in [0, 0.1) is 5.82 Å². The number of nitrogens with two attached hydrogens (primary N) is 1. The van der Waals surface area contributed by atoms with Gasteiger partial charge in [0, 0.05) is 12.5 Å². The fourth-order valence-electron chi connectivity index (χ4n) is 2.38. The van der Waals surface area contributed by atoms with Crippen LogP contribution in [0.2, 0.25) is 0 Å². The summed E-state index contributed by atoms with van der Waals surface area (Å²) in [6.45, 7) is 1.48. The summed E-state index contributed by atoms with van der Waals surface area (Å²) in [5.74, 6) is 0.239. The molecule has 1 heterocycles. The van der Waals surface area contributed by atoms with Gasteiger partial charge in [-0.05, 0) is 37.9 Å². The number of aromatic nitrogens is 2. The zero-order valence-electron chi connectivity index (χ0n) is 11.3. The molecule has 0 bridgehead atoms. The van der Waals surface area contributed by atoms with Crippen LogP contribution in [-0.4, -0.2) is 22.9 Å². The number of anilines is 1. The molecule has 20 heavy (non-hydrogen) atoms. The van der Waals surface area contributed by atoms with E-state index in [9.17, 15) is 4.39 Å². The second kappa shape index (κ2) is 5.63. The van der Waals surface area contributed by atoms with E-state index < -0.39 is 0 Å². The number of nitrogens with one attached hydrogen (secondary N) is 1. The van der Waals surface area contributed by atoms with E-state index in [-0.39, 0.29) is 5.82 Å². The minimum atomic E-state index is -0.244. The summed E-state index contributed by atoms with van der Waals surface area (Å²) < 4.78 is 15.7. The monoisotopic (exact) mass is 274 g/mol. The first-order valence-electron chi connectivity index (χ1n) is 7.08. The minimum Gasteiger partial charge on any atom is -0.382 e. The van der Waals surface area contributed by atoms with Crippen LogP contribution in [0.15, 0.2) is 30.5 Å². The van der Waals surface area contributed by atoms with Crippen LogP contribution in [0.25, 0.3) is 5.69 Å². The summed E-state index contributed by atoms with van der Waals surface area (Å²) in [5, 5.41) is 7.73. The van der Waals surface area contributed by atoms with Crippen LogP contribution >= 0.6 is 0 Å². The lowest BCUT2D eigenvalue weighted by molar-refractivity contribution is 0.606. The molecule has 0 aliphatic heterocycles. The van der Waals surface area contributed by atoms with Gasteiger partial charge in [0.1, 0.15) is 11.5 Å². The molecule has 5 heteroatoms. The summed E-state index contributed by atoms with van der Waals surface area (Å²) >= 11 is 0. The summed E-state index contributed by atoms with van der Waals surface area (Å²) in [7, 11) is 0. The van der Waals surface area contributed by atoms with Crippen molar-refractivity contribution in [3.05, 3.63) is 42.0 Å². The lowest BCUT2D eigenvalue weighted by atomic mass is 10.2. The Bertz CT molecular complexity index is 589. The van der Waals surface area contributed by atoms with Crippen molar-refractivity contribution in [1.29, 1.82) is 0 Å². The van der Waals surface area contributed by atoms with E-state index in [1.165, 1.54) is 6.07 Å². The molecule has 0 saturated heterocycles. The molecule has 1 aliphatic carbocycles. The second-order valence-electron chi connectivity index (χ2n) is 5.15. The zero-order chi connectivity index (χ0) is 13.9. The average molecular weight is 274 g/mol. The number of rotatable bonds is 6. The van der Waals surface area contributed by atoms with Gasteiger partial charge < -0.3 is 11.1 Å². The normalized spacial score (nSPS) is 14.5. The first-order valence-corrected chi connectivity index (χ1v) is 7.08. The molecule has 0 amide bonds. The van der Waals surface area contributed by atoms with Crippen LogP contribution < -0.4 is 11.1 Å². The van der Waals surface area contributed by atoms with E-state index in [0.29, 0.717) is 18.2 Å². The Labute approximate surface area is 117 Å². The molecule has 2 aromatic rings. The minimum absolute atomic E-state index is 0.244. The Hall–Kier alpha value is -1.88. The number of hydrogen-bond acceptors (Lipinski definition) is 3. The van der Waals surface area contributed by atoms with Crippen molar-refractivity contribution < 1.29 is 4.39 Å².